The Labute approximate surface area is 118 Å². The predicted octanol–water partition coefficient (Wildman–Crippen LogP) is 2.66. The van der Waals surface area contributed by atoms with Crippen molar-refractivity contribution in [2.75, 3.05) is 5.32 Å². The molecule has 2 rings (SSSR count). The first-order chi connectivity index (χ1) is 9.51. The SMILES string of the molecule is CC[C@@](Nc1cccc2ccccc12)(C(=O)O)S(=O)O. The van der Waals surface area contributed by atoms with Crippen molar-refractivity contribution in [3.63, 3.8) is 0 Å². The summed E-state index contributed by atoms with van der Waals surface area (Å²) in [5, 5.41) is 13.8. The van der Waals surface area contributed by atoms with Crippen molar-refractivity contribution in [3.05, 3.63) is 42.5 Å². The highest BCUT2D eigenvalue weighted by Gasteiger charge is 2.43. The number of anilines is 1. The minimum absolute atomic E-state index is 0.0192. The van der Waals surface area contributed by atoms with Crippen LogP contribution in [0.1, 0.15) is 13.3 Å². The summed E-state index contributed by atoms with van der Waals surface area (Å²) in [6.45, 7) is 1.56. The Morgan fingerprint density at radius 2 is 1.90 bits per heavy atom. The van der Waals surface area contributed by atoms with Gasteiger partial charge in [-0.3, -0.25) is 0 Å². The summed E-state index contributed by atoms with van der Waals surface area (Å²) in [5.74, 6) is -1.35. The van der Waals surface area contributed by atoms with Crippen LogP contribution in [0.5, 0.6) is 0 Å². The largest absolute Gasteiger partial charge is 0.479 e. The third-order valence-corrected chi connectivity index (χ3v) is 4.43. The van der Waals surface area contributed by atoms with Crippen molar-refractivity contribution in [2.45, 2.75) is 18.2 Å². The third kappa shape index (κ3) is 2.39. The second-order valence-electron chi connectivity index (χ2n) is 4.39. The number of hydrogen-bond donors (Lipinski definition) is 3. The lowest BCUT2D eigenvalue weighted by Gasteiger charge is -2.27. The molecule has 6 heteroatoms. The van der Waals surface area contributed by atoms with Gasteiger partial charge in [0.2, 0.25) is 4.87 Å². The van der Waals surface area contributed by atoms with Gasteiger partial charge in [-0.05, 0) is 17.9 Å². The van der Waals surface area contributed by atoms with E-state index in [9.17, 15) is 18.7 Å². The molecule has 106 valence electrons. The Balaban J connectivity index is 2.54. The van der Waals surface area contributed by atoms with E-state index in [1.54, 1.807) is 19.1 Å². The van der Waals surface area contributed by atoms with Crippen LogP contribution in [0.4, 0.5) is 5.69 Å². The van der Waals surface area contributed by atoms with E-state index in [0.29, 0.717) is 5.69 Å². The summed E-state index contributed by atoms with van der Waals surface area (Å²) >= 11 is -2.55. The molecule has 0 spiro atoms. The Morgan fingerprint density at radius 1 is 1.25 bits per heavy atom. The maximum absolute atomic E-state index is 11.5. The second-order valence-corrected chi connectivity index (χ2v) is 5.58. The van der Waals surface area contributed by atoms with E-state index in [-0.39, 0.29) is 6.42 Å². The highest BCUT2D eigenvalue weighted by atomic mass is 32.2. The minimum Gasteiger partial charge on any atom is -0.479 e. The van der Waals surface area contributed by atoms with Crippen LogP contribution in [-0.4, -0.2) is 24.7 Å². The first-order valence-corrected chi connectivity index (χ1v) is 7.22. The quantitative estimate of drug-likeness (QED) is 0.738. The molecule has 2 aromatic rings. The smallest absolute Gasteiger partial charge is 0.345 e. The van der Waals surface area contributed by atoms with Crippen LogP contribution < -0.4 is 5.32 Å². The molecule has 0 aliphatic heterocycles. The number of aliphatic carboxylic acids is 1. The number of carbonyl (C=O) groups is 1. The lowest BCUT2D eigenvalue weighted by atomic mass is 10.1. The molecule has 20 heavy (non-hydrogen) atoms. The summed E-state index contributed by atoms with van der Waals surface area (Å²) in [6, 6.07) is 12.8. The van der Waals surface area contributed by atoms with Crippen LogP contribution >= 0.6 is 0 Å². The van der Waals surface area contributed by atoms with E-state index >= 15 is 0 Å². The molecule has 0 radical (unpaired) electrons. The number of fused-ring (bicyclic) bond motifs is 1. The molecular formula is C14H15NO4S. The van der Waals surface area contributed by atoms with E-state index in [1.807, 2.05) is 30.3 Å². The van der Waals surface area contributed by atoms with E-state index in [0.717, 1.165) is 10.8 Å². The molecule has 0 saturated heterocycles. The van der Waals surface area contributed by atoms with Crippen LogP contribution in [0.2, 0.25) is 0 Å². The summed E-state index contributed by atoms with van der Waals surface area (Å²) in [7, 11) is 0. The van der Waals surface area contributed by atoms with Crippen molar-refractivity contribution in [1.29, 1.82) is 0 Å². The van der Waals surface area contributed by atoms with Crippen LogP contribution in [0, 0.1) is 0 Å². The van der Waals surface area contributed by atoms with Gasteiger partial charge in [0, 0.05) is 11.1 Å². The Morgan fingerprint density at radius 3 is 2.50 bits per heavy atom. The number of benzene rings is 2. The van der Waals surface area contributed by atoms with Crippen molar-refractivity contribution >= 4 is 33.5 Å². The van der Waals surface area contributed by atoms with Crippen molar-refractivity contribution in [1.82, 2.24) is 0 Å². The van der Waals surface area contributed by atoms with Gasteiger partial charge in [0.05, 0.1) is 0 Å². The third-order valence-electron chi connectivity index (χ3n) is 3.27. The average Bonchev–Trinajstić information content (AvgIpc) is 2.44. The highest BCUT2D eigenvalue weighted by Crippen LogP contribution is 2.28. The van der Waals surface area contributed by atoms with Gasteiger partial charge in [-0.25, -0.2) is 9.00 Å². The van der Waals surface area contributed by atoms with Crippen molar-refractivity contribution < 1.29 is 18.7 Å². The first-order valence-electron chi connectivity index (χ1n) is 6.11. The molecule has 0 fully saturated rings. The fourth-order valence-electron chi connectivity index (χ4n) is 2.09. The maximum Gasteiger partial charge on any atom is 0.345 e. The van der Waals surface area contributed by atoms with Crippen LogP contribution in [0.25, 0.3) is 10.8 Å². The Bertz CT molecular complexity index is 652. The molecule has 3 N–H and O–H groups in total. The number of carboxylic acids is 1. The first kappa shape index (κ1) is 14.5. The summed E-state index contributed by atoms with van der Waals surface area (Å²) < 4.78 is 20.9. The minimum atomic E-state index is -2.55. The van der Waals surface area contributed by atoms with Gasteiger partial charge in [0.1, 0.15) is 0 Å². The maximum atomic E-state index is 11.5. The van der Waals surface area contributed by atoms with Gasteiger partial charge < -0.3 is 15.0 Å². The predicted molar refractivity (Wildman–Crippen MR) is 79.0 cm³/mol. The zero-order valence-electron chi connectivity index (χ0n) is 10.9. The van der Waals surface area contributed by atoms with Gasteiger partial charge >= 0.3 is 5.97 Å². The summed E-state index contributed by atoms with van der Waals surface area (Å²) in [4.78, 5) is 9.51. The molecule has 0 heterocycles. The monoisotopic (exact) mass is 293 g/mol. The average molecular weight is 293 g/mol. The molecule has 1 unspecified atom stereocenters. The standard InChI is InChI=1S/C14H15NO4S/c1-2-14(13(16)17,20(18)19)15-12-9-5-7-10-6-3-4-8-11(10)12/h3-9,15H,2H2,1H3,(H,16,17)(H,18,19)/t14-/m0/s1. The zero-order valence-corrected chi connectivity index (χ0v) is 11.7. The fraction of sp³-hybridized carbons (Fsp3) is 0.214. The zero-order chi connectivity index (χ0) is 14.8. The molecule has 2 aromatic carbocycles. The molecule has 0 saturated carbocycles. The molecule has 0 aliphatic rings. The van der Waals surface area contributed by atoms with Crippen LogP contribution in [0.15, 0.2) is 42.5 Å². The van der Waals surface area contributed by atoms with Gasteiger partial charge in [-0.1, -0.05) is 43.3 Å². The Kier molecular flexibility index (Phi) is 4.06. The van der Waals surface area contributed by atoms with Crippen LogP contribution in [-0.2, 0) is 15.9 Å². The van der Waals surface area contributed by atoms with E-state index < -0.39 is 21.9 Å². The number of carboxylic acid groups (broad SMARTS) is 1. The highest BCUT2D eigenvalue weighted by molar-refractivity contribution is 7.81. The lowest BCUT2D eigenvalue weighted by Crippen LogP contribution is -2.49. The summed E-state index contributed by atoms with van der Waals surface area (Å²) in [5.41, 5.74) is 0.523. The van der Waals surface area contributed by atoms with Crippen LogP contribution in [0.3, 0.4) is 0 Å². The van der Waals surface area contributed by atoms with Gasteiger partial charge in [-0.2, -0.15) is 0 Å². The second kappa shape index (κ2) is 5.60. The molecule has 0 amide bonds. The van der Waals surface area contributed by atoms with Crippen molar-refractivity contribution in [2.24, 2.45) is 0 Å². The fourth-order valence-corrected chi connectivity index (χ4v) is 2.68. The van der Waals surface area contributed by atoms with Gasteiger partial charge in [0.25, 0.3) is 0 Å². The molecule has 5 nitrogen and oxygen atoms in total. The molecular weight excluding hydrogens is 278 g/mol. The topological polar surface area (TPSA) is 86.6 Å². The normalized spacial score (nSPS) is 15.5. The van der Waals surface area contributed by atoms with Gasteiger partial charge in [0.15, 0.2) is 11.1 Å². The van der Waals surface area contributed by atoms with Gasteiger partial charge in [-0.15, -0.1) is 0 Å². The van der Waals surface area contributed by atoms with E-state index in [2.05, 4.69) is 5.32 Å². The molecule has 0 aliphatic carbocycles. The number of hydrogen-bond acceptors (Lipinski definition) is 3. The van der Waals surface area contributed by atoms with Crippen molar-refractivity contribution in [3.8, 4) is 0 Å². The number of nitrogens with one attached hydrogen (secondary N) is 1. The summed E-state index contributed by atoms with van der Waals surface area (Å²) in [6.07, 6.45) is -0.0192. The molecule has 0 aromatic heterocycles. The lowest BCUT2D eigenvalue weighted by molar-refractivity contribution is -0.139. The molecule has 2 atom stereocenters. The van der Waals surface area contributed by atoms with E-state index in [1.165, 1.54) is 0 Å². The Hall–Kier alpha value is -1.92. The number of rotatable bonds is 5. The molecule has 0 bridgehead atoms. The van der Waals surface area contributed by atoms with E-state index in [4.69, 9.17) is 0 Å².